The molecule has 1 aliphatic carbocycles. The van der Waals surface area contributed by atoms with Crippen LogP contribution >= 0.6 is 0 Å². The Balaban J connectivity index is 1.81. The summed E-state index contributed by atoms with van der Waals surface area (Å²) in [6.45, 7) is 0. The first-order valence-corrected chi connectivity index (χ1v) is 9.78. The SMILES string of the molecule is OB(O)c1cccc2c3c(ccc12)-c1cccc2ccc(-c4ccccc4)c-3c12. The second-order valence-corrected chi connectivity index (χ2v) is 7.56. The Morgan fingerprint density at radius 1 is 0.517 bits per heavy atom. The van der Waals surface area contributed by atoms with Gasteiger partial charge in [0.2, 0.25) is 0 Å². The Morgan fingerprint density at radius 2 is 1.31 bits per heavy atom. The molecule has 0 saturated carbocycles. The monoisotopic (exact) mass is 372 g/mol. The first kappa shape index (κ1) is 16.5. The molecule has 0 aromatic heterocycles. The van der Waals surface area contributed by atoms with E-state index in [4.69, 9.17) is 0 Å². The van der Waals surface area contributed by atoms with Gasteiger partial charge in [-0.15, -0.1) is 0 Å². The van der Waals surface area contributed by atoms with E-state index in [1.165, 1.54) is 44.2 Å². The number of fused-ring (bicyclic) bond motifs is 5. The minimum absolute atomic E-state index is 0.537. The largest absolute Gasteiger partial charge is 0.489 e. The molecule has 5 aromatic carbocycles. The van der Waals surface area contributed by atoms with E-state index in [-0.39, 0.29) is 0 Å². The normalized spacial score (nSPS) is 11.8. The second-order valence-electron chi connectivity index (χ2n) is 7.56. The van der Waals surface area contributed by atoms with Crippen LogP contribution in [0.5, 0.6) is 0 Å². The van der Waals surface area contributed by atoms with Crippen LogP contribution in [0.25, 0.3) is 54.9 Å². The molecule has 0 bridgehead atoms. The number of hydrogen-bond donors (Lipinski definition) is 2. The van der Waals surface area contributed by atoms with Gasteiger partial charge in [-0.05, 0) is 60.4 Å². The summed E-state index contributed by atoms with van der Waals surface area (Å²) < 4.78 is 0. The molecular formula is C26H17BO2. The molecule has 0 spiro atoms. The lowest BCUT2D eigenvalue weighted by atomic mass is 9.76. The molecule has 2 N–H and O–H groups in total. The predicted molar refractivity (Wildman–Crippen MR) is 121 cm³/mol. The molecule has 0 saturated heterocycles. The molecule has 0 radical (unpaired) electrons. The van der Waals surface area contributed by atoms with Crippen LogP contribution in [0.1, 0.15) is 0 Å². The summed E-state index contributed by atoms with van der Waals surface area (Å²) in [5, 5.41) is 24.2. The first-order valence-electron chi connectivity index (χ1n) is 9.78. The van der Waals surface area contributed by atoms with Crippen LogP contribution in [0.15, 0.2) is 91.0 Å². The molecule has 0 aliphatic heterocycles. The van der Waals surface area contributed by atoms with Crippen molar-refractivity contribution in [2.24, 2.45) is 0 Å². The predicted octanol–water partition coefficient (Wildman–Crippen LogP) is 4.99. The highest BCUT2D eigenvalue weighted by atomic mass is 16.4. The van der Waals surface area contributed by atoms with Crippen LogP contribution in [-0.2, 0) is 0 Å². The molecule has 0 fully saturated rings. The highest BCUT2D eigenvalue weighted by Gasteiger charge is 2.27. The van der Waals surface area contributed by atoms with Crippen molar-refractivity contribution in [2.75, 3.05) is 0 Å². The average molecular weight is 372 g/mol. The third kappa shape index (κ3) is 2.26. The van der Waals surface area contributed by atoms with Crippen LogP contribution in [0.4, 0.5) is 0 Å². The van der Waals surface area contributed by atoms with Crippen molar-refractivity contribution in [2.45, 2.75) is 0 Å². The highest BCUT2D eigenvalue weighted by molar-refractivity contribution is 6.62. The van der Waals surface area contributed by atoms with Crippen molar-refractivity contribution in [3.05, 3.63) is 91.0 Å². The maximum absolute atomic E-state index is 9.88. The van der Waals surface area contributed by atoms with E-state index >= 15 is 0 Å². The maximum atomic E-state index is 9.88. The highest BCUT2D eigenvalue weighted by Crippen LogP contribution is 2.53. The molecule has 0 amide bonds. The summed E-state index contributed by atoms with van der Waals surface area (Å²) in [5.74, 6) is 0. The minimum Gasteiger partial charge on any atom is -0.423 e. The van der Waals surface area contributed by atoms with Crippen molar-refractivity contribution in [1.29, 1.82) is 0 Å². The van der Waals surface area contributed by atoms with E-state index in [0.717, 1.165) is 10.8 Å². The van der Waals surface area contributed by atoms with Gasteiger partial charge in [0.15, 0.2) is 0 Å². The van der Waals surface area contributed by atoms with E-state index in [9.17, 15) is 10.0 Å². The fraction of sp³-hybridized carbons (Fsp3) is 0. The van der Waals surface area contributed by atoms with Crippen LogP contribution < -0.4 is 5.46 Å². The van der Waals surface area contributed by atoms with Gasteiger partial charge in [-0.2, -0.15) is 0 Å². The zero-order chi connectivity index (χ0) is 19.5. The molecule has 2 nitrogen and oxygen atoms in total. The van der Waals surface area contributed by atoms with Gasteiger partial charge >= 0.3 is 7.12 Å². The summed E-state index contributed by atoms with van der Waals surface area (Å²) in [7, 11) is -1.50. The fourth-order valence-corrected chi connectivity index (χ4v) is 4.82. The molecule has 0 unspecified atom stereocenters. The molecule has 5 aromatic rings. The van der Waals surface area contributed by atoms with Gasteiger partial charge in [0.1, 0.15) is 0 Å². The van der Waals surface area contributed by atoms with Gasteiger partial charge < -0.3 is 10.0 Å². The van der Waals surface area contributed by atoms with E-state index in [1.807, 2.05) is 18.2 Å². The summed E-state index contributed by atoms with van der Waals surface area (Å²) in [5.41, 5.74) is 7.77. The zero-order valence-corrected chi connectivity index (χ0v) is 15.6. The van der Waals surface area contributed by atoms with Gasteiger partial charge in [0.25, 0.3) is 0 Å². The van der Waals surface area contributed by atoms with E-state index in [2.05, 4.69) is 66.7 Å². The van der Waals surface area contributed by atoms with Gasteiger partial charge in [-0.25, -0.2) is 0 Å². The van der Waals surface area contributed by atoms with E-state index < -0.39 is 7.12 Å². The molecule has 0 heterocycles. The smallest absolute Gasteiger partial charge is 0.423 e. The van der Waals surface area contributed by atoms with Crippen LogP contribution in [-0.4, -0.2) is 17.2 Å². The maximum Gasteiger partial charge on any atom is 0.489 e. The average Bonchev–Trinajstić information content (AvgIpc) is 3.11. The molecule has 136 valence electrons. The molecular weight excluding hydrogens is 355 g/mol. The van der Waals surface area contributed by atoms with Crippen molar-refractivity contribution in [3.8, 4) is 33.4 Å². The Hall–Kier alpha value is -3.40. The van der Waals surface area contributed by atoms with Crippen molar-refractivity contribution in [1.82, 2.24) is 0 Å². The van der Waals surface area contributed by atoms with Crippen molar-refractivity contribution < 1.29 is 10.0 Å². The lowest BCUT2D eigenvalue weighted by Gasteiger charge is -2.14. The third-order valence-corrected chi connectivity index (χ3v) is 6.04. The van der Waals surface area contributed by atoms with E-state index in [0.29, 0.717) is 5.46 Å². The van der Waals surface area contributed by atoms with Gasteiger partial charge in [-0.1, -0.05) is 91.0 Å². The lowest BCUT2D eigenvalue weighted by Crippen LogP contribution is -2.30. The summed E-state index contributed by atoms with van der Waals surface area (Å²) in [6.07, 6.45) is 0. The van der Waals surface area contributed by atoms with Crippen LogP contribution in [0.2, 0.25) is 0 Å². The Labute approximate surface area is 168 Å². The second kappa shape index (κ2) is 6.05. The van der Waals surface area contributed by atoms with Gasteiger partial charge in [0.05, 0.1) is 0 Å². The molecule has 6 rings (SSSR count). The summed E-state index contributed by atoms with van der Waals surface area (Å²) >= 11 is 0. The topological polar surface area (TPSA) is 40.5 Å². The Morgan fingerprint density at radius 3 is 2.14 bits per heavy atom. The van der Waals surface area contributed by atoms with Gasteiger partial charge in [-0.3, -0.25) is 0 Å². The van der Waals surface area contributed by atoms with Crippen molar-refractivity contribution in [3.63, 3.8) is 0 Å². The molecule has 1 aliphatic rings. The lowest BCUT2D eigenvalue weighted by molar-refractivity contribution is 0.426. The molecule has 29 heavy (non-hydrogen) atoms. The first-order chi connectivity index (χ1) is 14.2. The van der Waals surface area contributed by atoms with E-state index in [1.54, 1.807) is 6.07 Å². The quantitative estimate of drug-likeness (QED) is 0.421. The number of benzene rings is 5. The summed E-state index contributed by atoms with van der Waals surface area (Å²) in [6, 6.07) is 31.2. The zero-order valence-electron chi connectivity index (χ0n) is 15.6. The molecule has 0 atom stereocenters. The van der Waals surface area contributed by atoms with Crippen LogP contribution in [0, 0.1) is 0 Å². The molecule has 3 heteroatoms. The van der Waals surface area contributed by atoms with Gasteiger partial charge in [0, 0.05) is 0 Å². The fourth-order valence-electron chi connectivity index (χ4n) is 4.82. The number of rotatable bonds is 2. The minimum atomic E-state index is -1.50. The Bertz CT molecular complexity index is 1420. The van der Waals surface area contributed by atoms with Crippen molar-refractivity contribution >= 4 is 34.1 Å². The number of hydrogen-bond acceptors (Lipinski definition) is 2. The third-order valence-electron chi connectivity index (χ3n) is 6.04. The Kier molecular flexibility index (Phi) is 3.45. The van der Waals surface area contributed by atoms with Crippen LogP contribution in [0.3, 0.4) is 0 Å². The summed E-state index contributed by atoms with van der Waals surface area (Å²) in [4.78, 5) is 0. The standard InChI is InChI=1S/C26H17BO2/c28-27(29)23-11-5-10-20-19(23)14-15-22-21-9-4-8-17-12-13-18(16-6-2-1-3-7-16)26(24(17)21)25(20)22/h1-15,28-29H.